The molecule has 0 bridgehead atoms. The van der Waals surface area contributed by atoms with E-state index in [-0.39, 0.29) is 5.69 Å². The number of hydrazone groups is 1. The lowest BCUT2D eigenvalue weighted by Crippen LogP contribution is -1.93. The molecule has 6 nitrogen and oxygen atoms in total. The summed E-state index contributed by atoms with van der Waals surface area (Å²) in [7, 11) is 1.59. The average Bonchev–Trinajstić information content (AvgIpc) is 2.48. The van der Waals surface area contributed by atoms with Crippen LogP contribution < -0.4 is 10.2 Å². The van der Waals surface area contributed by atoms with Crippen molar-refractivity contribution in [1.82, 2.24) is 0 Å². The number of nitro benzene ring substituents is 1. The zero-order chi connectivity index (χ0) is 14.4. The highest BCUT2D eigenvalue weighted by atomic mass is 16.6. The Morgan fingerprint density at radius 3 is 2.80 bits per heavy atom. The van der Waals surface area contributed by atoms with E-state index < -0.39 is 4.92 Å². The van der Waals surface area contributed by atoms with Gasteiger partial charge in [-0.05, 0) is 23.8 Å². The van der Waals surface area contributed by atoms with Crippen molar-refractivity contribution in [2.75, 3.05) is 12.5 Å². The summed E-state index contributed by atoms with van der Waals surface area (Å²) < 4.78 is 5.10. The number of non-ortho nitro benzene ring substituents is 1. The standard InChI is InChI=1S/C14H13N3O3/c1-20-14-7-2-4-11(8-14)10-15-16-12-5-3-6-13(9-12)17(18)19/h2-10,16H,1H3/b15-10+. The van der Waals surface area contributed by atoms with E-state index in [9.17, 15) is 10.1 Å². The van der Waals surface area contributed by atoms with Gasteiger partial charge in [0.15, 0.2) is 0 Å². The van der Waals surface area contributed by atoms with Gasteiger partial charge >= 0.3 is 0 Å². The van der Waals surface area contributed by atoms with E-state index in [0.717, 1.165) is 11.3 Å². The van der Waals surface area contributed by atoms with Gasteiger partial charge in [-0.2, -0.15) is 5.10 Å². The molecule has 6 heteroatoms. The van der Waals surface area contributed by atoms with Gasteiger partial charge in [-0.1, -0.05) is 18.2 Å². The monoisotopic (exact) mass is 271 g/mol. The van der Waals surface area contributed by atoms with E-state index in [1.165, 1.54) is 12.1 Å². The Labute approximate surface area is 115 Å². The van der Waals surface area contributed by atoms with Crippen LogP contribution in [0.5, 0.6) is 5.75 Å². The zero-order valence-corrected chi connectivity index (χ0v) is 10.8. The van der Waals surface area contributed by atoms with Crippen molar-refractivity contribution < 1.29 is 9.66 Å². The molecule has 0 aromatic heterocycles. The molecule has 1 N–H and O–H groups in total. The van der Waals surface area contributed by atoms with Gasteiger partial charge in [-0.15, -0.1) is 0 Å². The molecule has 102 valence electrons. The van der Waals surface area contributed by atoms with Crippen molar-refractivity contribution in [3.8, 4) is 5.75 Å². The zero-order valence-electron chi connectivity index (χ0n) is 10.8. The normalized spacial score (nSPS) is 10.4. The molecule has 0 unspecified atom stereocenters. The van der Waals surface area contributed by atoms with Crippen LogP contribution in [0.15, 0.2) is 53.6 Å². The Balaban J connectivity index is 2.05. The number of ether oxygens (including phenoxy) is 1. The first-order valence-corrected chi connectivity index (χ1v) is 5.86. The number of methoxy groups -OCH3 is 1. The fraction of sp³-hybridized carbons (Fsp3) is 0.0714. The van der Waals surface area contributed by atoms with Crippen molar-refractivity contribution >= 4 is 17.6 Å². The van der Waals surface area contributed by atoms with Gasteiger partial charge in [0.25, 0.3) is 5.69 Å². The number of benzene rings is 2. The predicted molar refractivity (Wildman–Crippen MR) is 77.3 cm³/mol. The summed E-state index contributed by atoms with van der Waals surface area (Å²) in [6.07, 6.45) is 1.61. The summed E-state index contributed by atoms with van der Waals surface area (Å²) in [5.41, 5.74) is 4.19. The van der Waals surface area contributed by atoms with Gasteiger partial charge in [0, 0.05) is 12.1 Å². The summed E-state index contributed by atoms with van der Waals surface area (Å²) in [4.78, 5) is 10.2. The van der Waals surface area contributed by atoms with Gasteiger partial charge in [-0.25, -0.2) is 0 Å². The van der Waals surface area contributed by atoms with E-state index in [4.69, 9.17) is 4.74 Å². The summed E-state index contributed by atoms with van der Waals surface area (Å²) in [6, 6.07) is 13.6. The van der Waals surface area contributed by atoms with Crippen LogP contribution in [-0.2, 0) is 0 Å². The van der Waals surface area contributed by atoms with Crippen LogP contribution in [0, 0.1) is 10.1 Å². The Hall–Kier alpha value is -2.89. The fourth-order valence-corrected chi connectivity index (χ4v) is 1.59. The molecular formula is C14H13N3O3. The summed E-state index contributed by atoms with van der Waals surface area (Å²) in [5, 5.41) is 14.7. The molecule has 20 heavy (non-hydrogen) atoms. The molecule has 2 aromatic rings. The number of rotatable bonds is 5. The number of hydrogen-bond donors (Lipinski definition) is 1. The minimum absolute atomic E-state index is 0.0200. The van der Waals surface area contributed by atoms with Gasteiger partial charge in [0.1, 0.15) is 5.75 Å². The number of nitrogens with one attached hydrogen (secondary N) is 1. The molecule has 0 aliphatic heterocycles. The maximum Gasteiger partial charge on any atom is 0.271 e. The van der Waals surface area contributed by atoms with Crippen LogP contribution in [0.3, 0.4) is 0 Å². The smallest absolute Gasteiger partial charge is 0.271 e. The Bertz CT molecular complexity index is 641. The highest BCUT2D eigenvalue weighted by molar-refractivity contribution is 5.80. The van der Waals surface area contributed by atoms with E-state index >= 15 is 0 Å². The lowest BCUT2D eigenvalue weighted by Gasteiger charge is -2.01. The first kappa shape index (κ1) is 13.5. The van der Waals surface area contributed by atoms with Crippen molar-refractivity contribution in [1.29, 1.82) is 0 Å². The molecule has 0 fully saturated rings. The fourth-order valence-electron chi connectivity index (χ4n) is 1.59. The van der Waals surface area contributed by atoms with E-state index in [0.29, 0.717) is 5.69 Å². The second kappa shape index (κ2) is 6.33. The Morgan fingerprint density at radius 2 is 2.05 bits per heavy atom. The average molecular weight is 271 g/mol. The largest absolute Gasteiger partial charge is 0.497 e. The predicted octanol–water partition coefficient (Wildman–Crippen LogP) is 3.05. The van der Waals surface area contributed by atoms with Crippen LogP contribution in [0.25, 0.3) is 0 Å². The molecular weight excluding hydrogens is 258 g/mol. The lowest BCUT2D eigenvalue weighted by atomic mass is 10.2. The summed E-state index contributed by atoms with van der Waals surface area (Å²) in [5.74, 6) is 0.740. The Kier molecular flexibility index (Phi) is 4.28. The number of nitrogens with zero attached hydrogens (tertiary/aromatic N) is 2. The number of hydrogen-bond acceptors (Lipinski definition) is 5. The molecule has 2 rings (SSSR count). The molecule has 0 spiro atoms. The first-order valence-electron chi connectivity index (χ1n) is 5.86. The third-order valence-corrected chi connectivity index (χ3v) is 2.56. The molecule has 0 saturated carbocycles. The molecule has 0 aliphatic carbocycles. The van der Waals surface area contributed by atoms with Crippen molar-refractivity contribution in [2.45, 2.75) is 0 Å². The quantitative estimate of drug-likeness (QED) is 0.515. The maximum absolute atomic E-state index is 10.6. The second-order valence-electron chi connectivity index (χ2n) is 3.95. The van der Waals surface area contributed by atoms with Crippen LogP contribution in [0.2, 0.25) is 0 Å². The molecule has 0 heterocycles. The van der Waals surface area contributed by atoms with E-state index in [2.05, 4.69) is 10.5 Å². The van der Waals surface area contributed by atoms with Gasteiger partial charge < -0.3 is 4.74 Å². The summed E-state index contributed by atoms with van der Waals surface area (Å²) in [6.45, 7) is 0. The topological polar surface area (TPSA) is 76.8 Å². The van der Waals surface area contributed by atoms with E-state index in [1.807, 2.05) is 24.3 Å². The van der Waals surface area contributed by atoms with E-state index in [1.54, 1.807) is 25.5 Å². The first-order chi connectivity index (χ1) is 9.69. The summed E-state index contributed by atoms with van der Waals surface area (Å²) >= 11 is 0. The minimum atomic E-state index is -0.447. The SMILES string of the molecule is COc1cccc(/C=N/Nc2cccc([N+](=O)[O-])c2)c1. The highest BCUT2D eigenvalue weighted by Crippen LogP contribution is 2.17. The van der Waals surface area contributed by atoms with Crippen LogP contribution >= 0.6 is 0 Å². The van der Waals surface area contributed by atoms with Crippen molar-refractivity contribution in [3.63, 3.8) is 0 Å². The maximum atomic E-state index is 10.6. The van der Waals surface area contributed by atoms with Crippen LogP contribution in [0.1, 0.15) is 5.56 Å². The van der Waals surface area contributed by atoms with Gasteiger partial charge in [0.05, 0.1) is 23.9 Å². The Morgan fingerprint density at radius 1 is 1.25 bits per heavy atom. The highest BCUT2D eigenvalue weighted by Gasteiger charge is 2.04. The minimum Gasteiger partial charge on any atom is -0.497 e. The molecule has 0 saturated heterocycles. The molecule has 0 amide bonds. The van der Waals surface area contributed by atoms with Crippen molar-refractivity contribution in [2.24, 2.45) is 5.10 Å². The third kappa shape index (κ3) is 3.55. The van der Waals surface area contributed by atoms with Gasteiger partial charge in [0.2, 0.25) is 0 Å². The molecule has 0 aliphatic rings. The molecule has 0 atom stereocenters. The van der Waals surface area contributed by atoms with Gasteiger partial charge in [-0.3, -0.25) is 15.5 Å². The number of nitro groups is 1. The van der Waals surface area contributed by atoms with Crippen molar-refractivity contribution in [3.05, 3.63) is 64.2 Å². The molecule has 0 radical (unpaired) electrons. The molecule has 2 aromatic carbocycles. The van der Waals surface area contributed by atoms with Crippen LogP contribution in [0.4, 0.5) is 11.4 Å². The second-order valence-corrected chi connectivity index (χ2v) is 3.95. The lowest BCUT2D eigenvalue weighted by molar-refractivity contribution is -0.384. The third-order valence-electron chi connectivity index (χ3n) is 2.56. The number of anilines is 1. The van der Waals surface area contributed by atoms with Crippen LogP contribution in [-0.4, -0.2) is 18.2 Å².